The summed E-state index contributed by atoms with van der Waals surface area (Å²) < 4.78 is 43.2. The first kappa shape index (κ1) is 22.0. The molecule has 0 fully saturated rings. The number of H-pyrrole nitrogens is 1. The van der Waals surface area contributed by atoms with Crippen molar-refractivity contribution in [3.63, 3.8) is 0 Å². The van der Waals surface area contributed by atoms with E-state index in [9.17, 15) is 22.8 Å². The number of ether oxygens (including phenoxy) is 1. The van der Waals surface area contributed by atoms with Crippen LogP contribution in [0.25, 0.3) is 22.6 Å². The number of hydrogen-bond donors (Lipinski definition) is 2. The number of hydrogen-bond acceptors (Lipinski definition) is 5. The first-order chi connectivity index (χ1) is 14.7. The molecule has 0 aliphatic heterocycles. The molecule has 0 bridgehead atoms. The number of nitrogens with one attached hydrogen (secondary N) is 2. The van der Waals surface area contributed by atoms with Crippen molar-refractivity contribution >= 4 is 5.91 Å². The second-order valence-electron chi connectivity index (χ2n) is 6.93. The third kappa shape index (κ3) is 5.68. The van der Waals surface area contributed by atoms with Crippen molar-refractivity contribution in [1.29, 1.82) is 0 Å². The van der Waals surface area contributed by atoms with E-state index in [1.165, 1.54) is 42.6 Å². The predicted octanol–water partition coefficient (Wildman–Crippen LogP) is 3.51. The number of rotatable bonds is 7. The van der Waals surface area contributed by atoms with Gasteiger partial charge in [0.1, 0.15) is 11.6 Å². The van der Waals surface area contributed by atoms with Crippen LogP contribution >= 0.6 is 0 Å². The van der Waals surface area contributed by atoms with Crippen LogP contribution in [0.3, 0.4) is 0 Å². The van der Waals surface area contributed by atoms with Gasteiger partial charge >= 0.3 is 6.61 Å². The number of benzene rings is 1. The van der Waals surface area contributed by atoms with E-state index in [2.05, 4.69) is 25.0 Å². The molecule has 0 radical (unpaired) electrons. The lowest BCUT2D eigenvalue weighted by Gasteiger charge is -2.10. The highest BCUT2D eigenvalue weighted by molar-refractivity contribution is 5.77. The molecule has 31 heavy (non-hydrogen) atoms. The van der Waals surface area contributed by atoms with Crippen LogP contribution in [-0.4, -0.2) is 27.5 Å². The molecule has 2 heterocycles. The number of nitrogens with zero attached hydrogens (tertiary/aromatic N) is 2. The van der Waals surface area contributed by atoms with E-state index in [4.69, 9.17) is 0 Å². The molecule has 0 saturated heterocycles. The van der Waals surface area contributed by atoms with Crippen LogP contribution in [0.5, 0.6) is 5.88 Å². The van der Waals surface area contributed by atoms with Gasteiger partial charge in [-0.2, -0.15) is 8.78 Å². The molecule has 2 aromatic heterocycles. The Kier molecular flexibility index (Phi) is 6.68. The van der Waals surface area contributed by atoms with Crippen molar-refractivity contribution in [1.82, 2.24) is 20.3 Å². The van der Waals surface area contributed by atoms with Crippen LogP contribution < -0.4 is 15.6 Å². The maximum absolute atomic E-state index is 14.5. The second kappa shape index (κ2) is 9.41. The number of aromatic nitrogens is 3. The van der Waals surface area contributed by atoms with E-state index in [1.54, 1.807) is 13.8 Å². The molecule has 0 saturated carbocycles. The molecule has 0 atom stereocenters. The highest BCUT2D eigenvalue weighted by Crippen LogP contribution is 2.24. The van der Waals surface area contributed by atoms with Crippen LogP contribution in [0, 0.1) is 11.7 Å². The van der Waals surface area contributed by atoms with Crippen molar-refractivity contribution in [2.75, 3.05) is 0 Å². The molecule has 3 rings (SSSR count). The van der Waals surface area contributed by atoms with E-state index in [0.29, 0.717) is 11.1 Å². The third-order valence-electron chi connectivity index (χ3n) is 4.26. The van der Waals surface area contributed by atoms with Gasteiger partial charge < -0.3 is 15.0 Å². The van der Waals surface area contributed by atoms with Gasteiger partial charge in [-0.15, -0.1) is 0 Å². The van der Waals surface area contributed by atoms with Crippen molar-refractivity contribution in [2.45, 2.75) is 27.0 Å². The third-order valence-corrected chi connectivity index (χ3v) is 4.26. The van der Waals surface area contributed by atoms with E-state index in [1.807, 2.05) is 0 Å². The van der Waals surface area contributed by atoms with Gasteiger partial charge in [-0.3, -0.25) is 9.59 Å². The van der Waals surface area contributed by atoms with Crippen LogP contribution in [-0.2, 0) is 11.3 Å². The fourth-order valence-corrected chi connectivity index (χ4v) is 2.68. The first-order valence-electron chi connectivity index (χ1n) is 9.32. The van der Waals surface area contributed by atoms with Crippen LogP contribution in [0.1, 0.15) is 19.4 Å². The van der Waals surface area contributed by atoms with Gasteiger partial charge in [-0.1, -0.05) is 19.9 Å². The van der Waals surface area contributed by atoms with Crippen LogP contribution in [0.15, 0.2) is 47.4 Å². The van der Waals surface area contributed by atoms with Crippen molar-refractivity contribution in [2.24, 2.45) is 5.92 Å². The number of carbonyl (C=O) groups is 1. The van der Waals surface area contributed by atoms with Crippen LogP contribution in [0.2, 0.25) is 0 Å². The monoisotopic (exact) mass is 432 g/mol. The summed E-state index contributed by atoms with van der Waals surface area (Å²) in [4.78, 5) is 34.4. The maximum atomic E-state index is 14.5. The highest BCUT2D eigenvalue weighted by Gasteiger charge is 2.13. The number of amides is 1. The van der Waals surface area contributed by atoms with Gasteiger partial charge in [0, 0.05) is 36.4 Å². The largest absolute Gasteiger partial charge is 0.417 e. The normalized spacial score (nSPS) is 11.1. The van der Waals surface area contributed by atoms with E-state index >= 15 is 0 Å². The number of halogens is 3. The van der Waals surface area contributed by atoms with E-state index in [-0.39, 0.29) is 41.3 Å². The summed E-state index contributed by atoms with van der Waals surface area (Å²) in [5.41, 5.74) is 0.655. The minimum atomic E-state index is -3.01. The number of aromatic amines is 1. The minimum absolute atomic E-state index is 0.0232. The average molecular weight is 432 g/mol. The Morgan fingerprint density at radius 1 is 1.19 bits per heavy atom. The molecule has 0 aliphatic rings. The Morgan fingerprint density at radius 2 is 1.97 bits per heavy atom. The fraction of sp³-hybridized carbons (Fsp3) is 0.238. The maximum Gasteiger partial charge on any atom is 0.388 e. The van der Waals surface area contributed by atoms with Crippen molar-refractivity contribution in [3.8, 4) is 28.5 Å². The molecule has 0 unspecified atom stereocenters. The zero-order chi connectivity index (χ0) is 22.5. The summed E-state index contributed by atoms with van der Waals surface area (Å²) in [5, 5.41) is 2.74. The highest BCUT2D eigenvalue weighted by atomic mass is 19.3. The van der Waals surface area contributed by atoms with Gasteiger partial charge in [0.15, 0.2) is 0 Å². The molecule has 0 spiro atoms. The molecular formula is C21H19F3N4O3. The molecule has 7 nitrogen and oxygen atoms in total. The standard InChI is InChI=1S/C21H19F3N4O3/c1-11(2)20(30)26-9-12-3-5-15(22)14(7-12)19-27-16(8-17(29)28-19)13-4-6-18(25-10-13)31-21(23)24/h3-8,10-11,21H,9H2,1-2H3,(H,26,30)(H,27,28,29). The minimum Gasteiger partial charge on any atom is -0.417 e. The van der Waals surface area contributed by atoms with Gasteiger partial charge in [-0.05, 0) is 23.8 Å². The topological polar surface area (TPSA) is 97.0 Å². The molecule has 0 aliphatic carbocycles. The zero-order valence-corrected chi connectivity index (χ0v) is 16.7. The smallest absolute Gasteiger partial charge is 0.388 e. The number of carbonyl (C=O) groups excluding carboxylic acids is 1. The molecule has 1 amide bonds. The Morgan fingerprint density at radius 3 is 2.61 bits per heavy atom. The summed E-state index contributed by atoms with van der Waals surface area (Å²) in [5.74, 6) is -1.26. The summed E-state index contributed by atoms with van der Waals surface area (Å²) in [6, 6.07) is 8.02. The second-order valence-corrected chi connectivity index (χ2v) is 6.93. The van der Waals surface area contributed by atoms with Crippen LogP contribution in [0.4, 0.5) is 13.2 Å². The van der Waals surface area contributed by atoms with Gasteiger partial charge in [0.25, 0.3) is 5.56 Å². The zero-order valence-electron chi connectivity index (χ0n) is 16.7. The molecular weight excluding hydrogens is 413 g/mol. The molecule has 2 N–H and O–H groups in total. The van der Waals surface area contributed by atoms with Gasteiger partial charge in [-0.25, -0.2) is 14.4 Å². The Hall–Kier alpha value is -3.69. The van der Waals surface area contributed by atoms with Gasteiger partial charge in [0.05, 0.1) is 11.3 Å². The van der Waals surface area contributed by atoms with Crippen molar-refractivity contribution < 1.29 is 22.7 Å². The van der Waals surface area contributed by atoms with E-state index < -0.39 is 18.0 Å². The SMILES string of the molecule is CC(C)C(=O)NCc1ccc(F)c(-c2nc(-c3ccc(OC(F)F)nc3)cc(=O)[nH]2)c1. The molecule has 3 aromatic rings. The summed E-state index contributed by atoms with van der Waals surface area (Å²) >= 11 is 0. The fourth-order valence-electron chi connectivity index (χ4n) is 2.68. The lowest BCUT2D eigenvalue weighted by molar-refractivity contribution is -0.124. The Labute approximate surface area is 175 Å². The Bertz CT molecular complexity index is 1130. The summed E-state index contributed by atoms with van der Waals surface area (Å²) in [6.07, 6.45) is 1.22. The van der Waals surface area contributed by atoms with E-state index in [0.717, 1.165) is 0 Å². The number of pyridine rings is 1. The number of alkyl halides is 2. The lowest BCUT2D eigenvalue weighted by Crippen LogP contribution is -2.27. The van der Waals surface area contributed by atoms with Crippen molar-refractivity contribution in [3.05, 3.63) is 64.3 Å². The lowest BCUT2D eigenvalue weighted by atomic mass is 10.1. The Balaban J connectivity index is 1.91. The molecule has 10 heteroatoms. The van der Waals surface area contributed by atoms with Gasteiger partial charge in [0.2, 0.25) is 11.8 Å². The average Bonchev–Trinajstić information content (AvgIpc) is 2.72. The first-order valence-corrected chi connectivity index (χ1v) is 9.32. The predicted molar refractivity (Wildman–Crippen MR) is 107 cm³/mol. The summed E-state index contributed by atoms with van der Waals surface area (Å²) in [6.45, 7) is 0.686. The molecule has 1 aromatic carbocycles. The quantitative estimate of drug-likeness (QED) is 0.596. The molecule has 162 valence electrons. The summed E-state index contributed by atoms with van der Waals surface area (Å²) in [7, 11) is 0.